The van der Waals surface area contributed by atoms with E-state index in [9.17, 15) is 4.39 Å². The van der Waals surface area contributed by atoms with Crippen LogP contribution in [0.25, 0.3) is 0 Å². The first-order chi connectivity index (χ1) is 9.71. The van der Waals surface area contributed by atoms with E-state index >= 15 is 0 Å². The topological polar surface area (TPSA) is 69.4 Å². The minimum absolute atomic E-state index is 0.394. The Hall–Kier alpha value is -2.18. The third kappa shape index (κ3) is 2.71. The first-order valence-electron chi connectivity index (χ1n) is 5.98. The molecular weight excluding hydrogens is 261 g/mol. The van der Waals surface area contributed by atoms with Crippen molar-refractivity contribution in [2.24, 2.45) is 5.84 Å². The molecule has 2 aromatic rings. The molecule has 1 aromatic heterocycles. The molecule has 0 aliphatic heterocycles. The number of hydrogen-bond acceptors (Lipinski definition) is 5. The van der Waals surface area contributed by atoms with Crippen LogP contribution in [0.15, 0.2) is 36.7 Å². The van der Waals surface area contributed by atoms with Crippen LogP contribution in [0.4, 0.5) is 4.39 Å². The summed E-state index contributed by atoms with van der Waals surface area (Å²) >= 11 is 0. The quantitative estimate of drug-likeness (QED) is 0.644. The maximum absolute atomic E-state index is 13.9. The zero-order valence-corrected chi connectivity index (χ0v) is 11.3. The van der Waals surface area contributed by atoms with Gasteiger partial charge in [0.1, 0.15) is 17.3 Å². The molecule has 0 bridgehead atoms. The molecule has 5 nitrogen and oxygen atoms in total. The molecule has 3 N–H and O–H groups in total. The second kappa shape index (κ2) is 6.31. The van der Waals surface area contributed by atoms with Crippen molar-refractivity contribution in [3.05, 3.63) is 53.6 Å². The van der Waals surface area contributed by atoms with Crippen LogP contribution < -0.4 is 20.7 Å². The molecule has 0 amide bonds. The molecule has 106 valence electrons. The van der Waals surface area contributed by atoms with E-state index in [2.05, 4.69) is 10.4 Å². The van der Waals surface area contributed by atoms with Crippen LogP contribution in [-0.4, -0.2) is 19.2 Å². The molecule has 2 rings (SSSR count). The van der Waals surface area contributed by atoms with E-state index in [4.69, 9.17) is 15.3 Å². The van der Waals surface area contributed by atoms with Gasteiger partial charge >= 0.3 is 0 Å². The second-order valence-electron chi connectivity index (χ2n) is 4.10. The Kier molecular flexibility index (Phi) is 4.49. The largest absolute Gasteiger partial charge is 0.497 e. The molecule has 0 spiro atoms. The van der Waals surface area contributed by atoms with Gasteiger partial charge in [-0.3, -0.25) is 10.8 Å². The van der Waals surface area contributed by atoms with Crippen molar-refractivity contribution in [3.8, 4) is 11.5 Å². The monoisotopic (exact) mass is 277 g/mol. The highest BCUT2D eigenvalue weighted by Crippen LogP contribution is 2.33. The van der Waals surface area contributed by atoms with E-state index in [0.29, 0.717) is 22.6 Å². The van der Waals surface area contributed by atoms with Crippen molar-refractivity contribution < 1.29 is 13.9 Å². The number of benzene rings is 1. The fourth-order valence-electron chi connectivity index (χ4n) is 2.02. The Morgan fingerprint density at radius 1 is 1.20 bits per heavy atom. The Labute approximate surface area is 116 Å². The number of hydrogen-bond donors (Lipinski definition) is 2. The van der Waals surface area contributed by atoms with Crippen LogP contribution in [0.3, 0.4) is 0 Å². The molecule has 1 aromatic carbocycles. The summed E-state index contributed by atoms with van der Waals surface area (Å²) in [6.07, 6.45) is 2.66. The van der Waals surface area contributed by atoms with Gasteiger partial charge in [-0.2, -0.15) is 0 Å². The zero-order chi connectivity index (χ0) is 14.5. The number of pyridine rings is 1. The molecule has 0 saturated heterocycles. The fraction of sp³-hybridized carbons (Fsp3) is 0.214. The van der Waals surface area contributed by atoms with Crippen LogP contribution in [0.2, 0.25) is 0 Å². The molecular formula is C14H16FN3O2. The fourth-order valence-corrected chi connectivity index (χ4v) is 2.02. The third-order valence-corrected chi connectivity index (χ3v) is 3.03. The highest BCUT2D eigenvalue weighted by Gasteiger charge is 2.20. The van der Waals surface area contributed by atoms with E-state index in [-0.39, 0.29) is 0 Å². The summed E-state index contributed by atoms with van der Waals surface area (Å²) in [7, 11) is 3.10. The molecule has 0 aliphatic carbocycles. The van der Waals surface area contributed by atoms with E-state index in [0.717, 1.165) is 6.20 Å². The van der Waals surface area contributed by atoms with Crippen LogP contribution in [0.5, 0.6) is 11.5 Å². The minimum Gasteiger partial charge on any atom is -0.497 e. The second-order valence-corrected chi connectivity index (χ2v) is 4.10. The number of nitrogens with two attached hydrogens (primary N) is 1. The van der Waals surface area contributed by atoms with Gasteiger partial charge in [0.2, 0.25) is 0 Å². The Bertz CT molecular complexity index is 592. The van der Waals surface area contributed by atoms with Gasteiger partial charge in [0, 0.05) is 23.4 Å². The van der Waals surface area contributed by atoms with Gasteiger partial charge < -0.3 is 9.47 Å². The van der Waals surface area contributed by atoms with Crippen LogP contribution in [0, 0.1) is 5.82 Å². The van der Waals surface area contributed by atoms with Crippen molar-refractivity contribution in [2.75, 3.05) is 14.2 Å². The lowest BCUT2D eigenvalue weighted by Crippen LogP contribution is -2.30. The number of ether oxygens (including phenoxy) is 2. The Morgan fingerprint density at radius 3 is 2.60 bits per heavy atom. The van der Waals surface area contributed by atoms with Crippen LogP contribution >= 0.6 is 0 Å². The van der Waals surface area contributed by atoms with Crippen molar-refractivity contribution >= 4 is 0 Å². The summed E-state index contributed by atoms with van der Waals surface area (Å²) in [5, 5.41) is 0. The smallest absolute Gasteiger partial charge is 0.146 e. The Morgan fingerprint density at radius 2 is 2.00 bits per heavy atom. The summed E-state index contributed by atoms with van der Waals surface area (Å²) < 4.78 is 24.3. The van der Waals surface area contributed by atoms with E-state index < -0.39 is 11.9 Å². The van der Waals surface area contributed by atoms with Crippen LogP contribution in [0.1, 0.15) is 17.2 Å². The lowest BCUT2D eigenvalue weighted by molar-refractivity contribution is 0.387. The predicted molar refractivity (Wildman–Crippen MR) is 72.9 cm³/mol. The number of nitrogens with one attached hydrogen (secondary N) is 1. The summed E-state index contributed by atoms with van der Waals surface area (Å²) in [6, 6.07) is 6.30. The molecule has 0 aliphatic rings. The van der Waals surface area contributed by atoms with E-state index in [1.165, 1.54) is 13.3 Å². The number of hydrazine groups is 1. The average Bonchev–Trinajstić information content (AvgIpc) is 2.50. The van der Waals surface area contributed by atoms with Crippen LogP contribution in [-0.2, 0) is 0 Å². The number of halogens is 1. The number of aromatic nitrogens is 1. The van der Waals surface area contributed by atoms with Gasteiger partial charge in [0.15, 0.2) is 0 Å². The minimum atomic E-state index is -0.543. The normalized spacial score (nSPS) is 12.0. The first-order valence-corrected chi connectivity index (χ1v) is 5.98. The lowest BCUT2D eigenvalue weighted by atomic mass is 9.98. The van der Waals surface area contributed by atoms with Crippen molar-refractivity contribution in [1.29, 1.82) is 0 Å². The van der Waals surface area contributed by atoms with Crippen molar-refractivity contribution in [3.63, 3.8) is 0 Å². The van der Waals surface area contributed by atoms with Crippen molar-refractivity contribution in [2.45, 2.75) is 6.04 Å². The SMILES string of the molecule is COc1ccc(C(NN)c2ccncc2F)c(OC)c1. The van der Waals surface area contributed by atoms with Gasteiger partial charge in [-0.1, -0.05) is 0 Å². The van der Waals surface area contributed by atoms with Crippen molar-refractivity contribution in [1.82, 2.24) is 10.4 Å². The molecule has 1 unspecified atom stereocenters. The molecule has 0 saturated carbocycles. The molecule has 0 radical (unpaired) electrons. The van der Waals surface area contributed by atoms with Gasteiger partial charge in [0.05, 0.1) is 26.5 Å². The number of nitrogens with zero attached hydrogens (tertiary/aromatic N) is 1. The number of rotatable bonds is 5. The maximum atomic E-state index is 13.9. The highest BCUT2D eigenvalue weighted by molar-refractivity contribution is 5.46. The summed E-state index contributed by atoms with van der Waals surface area (Å²) in [5.74, 6) is 6.35. The standard InChI is InChI=1S/C14H16FN3O2/c1-19-9-3-4-11(13(7-9)20-2)14(18-16)10-5-6-17-8-12(10)15/h3-8,14,18H,16H2,1-2H3. The predicted octanol–water partition coefficient (Wildman–Crippen LogP) is 1.79. The zero-order valence-electron chi connectivity index (χ0n) is 11.3. The van der Waals surface area contributed by atoms with Gasteiger partial charge in [-0.05, 0) is 18.2 Å². The molecule has 1 atom stereocenters. The number of methoxy groups -OCH3 is 2. The van der Waals surface area contributed by atoms with Gasteiger partial charge in [0.25, 0.3) is 0 Å². The average molecular weight is 277 g/mol. The van der Waals surface area contributed by atoms with Gasteiger partial charge in [-0.15, -0.1) is 0 Å². The summed E-state index contributed by atoms with van der Waals surface area (Å²) in [6.45, 7) is 0. The van der Waals surface area contributed by atoms with Gasteiger partial charge in [-0.25, -0.2) is 9.82 Å². The lowest BCUT2D eigenvalue weighted by Gasteiger charge is -2.20. The molecule has 20 heavy (non-hydrogen) atoms. The molecule has 6 heteroatoms. The maximum Gasteiger partial charge on any atom is 0.146 e. The summed E-state index contributed by atoms with van der Waals surface area (Å²) in [4.78, 5) is 3.73. The molecule has 1 heterocycles. The Balaban J connectivity index is 2.49. The van der Waals surface area contributed by atoms with E-state index in [1.54, 1.807) is 31.4 Å². The third-order valence-electron chi connectivity index (χ3n) is 3.03. The van der Waals surface area contributed by atoms with E-state index in [1.807, 2.05) is 0 Å². The first kappa shape index (κ1) is 14.2. The highest BCUT2D eigenvalue weighted by atomic mass is 19.1. The summed E-state index contributed by atoms with van der Waals surface area (Å²) in [5.41, 5.74) is 3.70. The molecule has 0 fully saturated rings.